The van der Waals surface area contributed by atoms with Crippen LogP contribution in [0.15, 0.2) is 29.3 Å². The van der Waals surface area contributed by atoms with Gasteiger partial charge in [-0.05, 0) is 38.5 Å². The van der Waals surface area contributed by atoms with Crippen molar-refractivity contribution in [2.45, 2.75) is 33.7 Å². The average molecular weight is 431 g/mol. The van der Waals surface area contributed by atoms with Gasteiger partial charge in [-0.15, -0.1) is 33.9 Å². The SMILES string of the molecule is Cc1sc2c(c1C)C(c1ccc(NC(=O)CCN)cc1)=NCc1nnc(C)n1-2.Cl. The van der Waals surface area contributed by atoms with Crippen molar-refractivity contribution >= 4 is 41.1 Å². The van der Waals surface area contributed by atoms with Gasteiger partial charge in [0, 0.05) is 34.7 Å². The summed E-state index contributed by atoms with van der Waals surface area (Å²) in [5.41, 5.74) is 10.5. The third-order valence-electron chi connectivity index (χ3n) is 4.89. The Hall–Kier alpha value is -2.55. The highest BCUT2D eigenvalue weighted by atomic mass is 35.5. The van der Waals surface area contributed by atoms with E-state index in [2.05, 4.69) is 33.9 Å². The third kappa shape index (κ3) is 3.83. The molecule has 1 amide bonds. The minimum atomic E-state index is -0.0814. The van der Waals surface area contributed by atoms with Gasteiger partial charge in [0.05, 0.1) is 5.71 Å². The van der Waals surface area contributed by atoms with Crippen LogP contribution in [0.4, 0.5) is 5.69 Å². The fourth-order valence-electron chi connectivity index (χ4n) is 3.35. The topological polar surface area (TPSA) is 98.2 Å². The van der Waals surface area contributed by atoms with Crippen molar-refractivity contribution in [1.29, 1.82) is 0 Å². The Morgan fingerprint density at radius 2 is 1.93 bits per heavy atom. The van der Waals surface area contributed by atoms with Gasteiger partial charge in [-0.25, -0.2) is 0 Å². The van der Waals surface area contributed by atoms with Crippen LogP contribution in [0.3, 0.4) is 0 Å². The van der Waals surface area contributed by atoms with E-state index in [4.69, 9.17) is 10.7 Å². The highest BCUT2D eigenvalue weighted by molar-refractivity contribution is 7.15. The average Bonchev–Trinajstić information content (AvgIpc) is 3.11. The van der Waals surface area contributed by atoms with Gasteiger partial charge in [0.1, 0.15) is 17.4 Å². The monoisotopic (exact) mass is 430 g/mol. The number of nitrogens with one attached hydrogen (secondary N) is 1. The molecule has 3 heterocycles. The number of carbonyl (C=O) groups excluding carboxylic acids is 1. The standard InChI is InChI=1S/C20H22N6OS.ClH/c1-11-12(2)28-20-18(11)19(22-10-16-25-24-13(3)26(16)20)14-4-6-15(7-5-14)23-17(27)8-9-21;/h4-7H,8-10,21H2,1-3H3,(H,23,27);1H. The molecule has 7 nitrogen and oxygen atoms in total. The summed E-state index contributed by atoms with van der Waals surface area (Å²) < 4.78 is 2.11. The molecule has 9 heteroatoms. The number of fused-ring (bicyclic) bond motifs is 3. The van der Waals surface area contributed by atoms with E-state index in [0.717, 1.165) is 39.2 Å². The number of thiophene rings is 1. The number of hydrogen-bond donors (Lipinski definition) is 2. The molecule has 1 aliphatic heterocycles. The summed E-state index contributed by atoms with van der Waals surface area (Å²) >= 11 is 1.74. The van der Waals surface area contributed by atoms with Crippen molar-refractivity contribution < 1.29 is 4.79 Å². The number of carbonyl (C=O) groups is 1. The smallest absolute Gasteiger partial charge is 0.225 e. The Labute approximate surface area is 179 Å². The van der Waals surface area contributed by atoms with Crippen LogP contribution in [0.5, 0.6) is 0 Å². The van der Waals surface area contributed by atoms with E-state index in [0.29, 0.717) is 19.5 Å². The number of anilines is 1. The molecule has 0 radical (unpaired) electrons. The maximum Gasteiger partial charge on any atom is 0.225 e. The molecular weight excluding hydrogens is 408 g/mol. The molecule has 0 atom stereocenters. The molecule has 1 aliphatic rings. The van der Waals surface area contributed by atoms with Crippen molar-refractivity contribution in [2.24, 2.45) is 10.7 Å². The molecule has 4 rings (SSSR count). The summed E-state index contributed by atoms with van der Waals surface area (Å²) in [7, 11) is 0. The molecule has 0 fully saturated rings. The molecule has 0 saturated heterocycles. The number of rotatable bonds is 4. The Balaban J connectivity index is 0.00000240. The van der Waals surface area contributed by atoms with E-state index in [9.17, 15) is 4.79 Å². The van der Waals surface area contributed by atoms with Crippen LogP contribution in [0.25, 0.3) is 5.00 Å². The molecule has 3 aromatic rings. The lowest BCUT2D eigenvalue weighted by molar-refractivity contribution is -0.116. The second kappa shape index (κ2) is 8.44. The van der Waals surface area contributed by atoms with Crippen molar-refractivity contribution in [3.63, 3.8) is 0 Å². The van der Waals surface area contributed by atoms with Crippen molar-refractivity contribution in [3.05, 3.63) is 57.5 Å². The molecule has 0 spiro atoms. The summed E-state index contributed by atoms with van der Waals surface area (Å²) in [5.74, 6) is 1.63. The van der Waals surface area contributed by atoms with Crippen LogP contribution in [0.2, 0.25) is 0 Å². The summed E-state index contributed by atoms with van der Waals surface area (Å²) in [6, 6.07) is 7.78. The number of nitrogens with zero attached hydrogens (tertiary/aromatic N) is 4. The quantitative estimate of drug-likeness (QED) is 0.663. The van der Waals surface area contributed by atoms with E-state index in [-0.39, 0.29) is 18.3 Å². The van der Waals surface area contributed by atoms with E-state index >= 15 is 0 Å². The fourth-order valence-corrected chi connectivity index (χ4v) is 4.57. The van der Waals surface area contributed by atoms with Crippen LogP contribution in [-0.2, 0) is 11.3 Å². The summed E-state index contributed by atoms with van der Waals surface area (Å²) in [5, 5.41) is 12.5. The predicted octanol–water partition coefficient (Wildman–Crippen LogP) is 3.31. The molecule has 0 saturated carbocycles. The zero-order valence-electron chi connectivity index (χ0n) is 16.5. The lowest BCUT2D eigenvalue weighted by Gasteiger charge is -2.10. The molecule has 3 N–H and O–H groups in total. The fraction of sp³-hybridized carbons (Fsp3) is 0.300. The van der Waals surface area contributed by atoms with Crippen molar-refractivity contribution in [1.82, 2.24) is 14.8 Å². The largest absolute Gasteiger partial charge is 0.330 e. The zero-order valence-corrected chi connectivity index (χ0v) is 18.2. The van der Waals surface area contributed by atoms with Gasteiger partial charge in [-0.3, -0.25) is 14.4 Å². The van der Waals surface area contributed by atoms with E-state index in [1.807, 2.05) is 31.2 Å². The van der Waals surface area contributed by atoms with Crippen LogP contribution in [0, 0.1) is 20.8 Å². The Bertz CT molecular complexity index is 1080. The molecule has 0 bridgehead atoms. The molecule has 2 aromatic heterocycles. The van der Waals surface area contributed by atoms with Gasteiger partial charge in [-0.1, -0.05) is 12.1 Å². The van der Waals surface area contributed by atoms with Gasteiger partial charge in [0.2, 0.25) is 5.91 Å². The molecule has 29 heavy (non-hydrogen) atoms. The lowest BCUT2D eigenvalue weighted by atomic mass is 9.99. The first kappa shape index (κ1) is 21.2. The maximum atomic E-state index is 11.8. The summed E-state index contributed by atoms with van der Waals surface area (Å²) in [6.45, 7) is 7.04. The number of aromatic nitrogens is 3. The van der Waals surface area contributed by atoms with Gasteiger partial charge < -0.3 is 11.1 Å². The van der Waals surface area contributed by atoms with Gasteiger partial charge in [-0.2, -0.15) is 0 Å². The number of amides is 1. The highest BCUT2D eigenvalue weighted by Crippen LogP contribution is 2.36. The minimum absolute atomic E-state index is 0. The van der Waals surface area contributed by atoms with Crippen LogP contribution in [-0.4, -0.2) is 32.9 Å². The second-order valence-electron chi connectivity index (χ2n) is 6.79. The molecule has 1 aromatic carbocycles. The third-order valence-corrected chi connectivity index (χ3v) is 6.08. The molecular formula is C20H23ClN6OS. The Kier molecular flexibility index (Phi) is 6.16. The number of aryl methyl sites for hydroxylation is 2. The van der Waals surface area contributed by atoms with Crippen LogP contribution < -0.4 is 11.1 Å². The predicted molar refractivity (Wildman–Crippen MR) is 119 cm³/mol. The van der Waals surface area contributed by atoms with Crippen LogP contribution in [0.1, 0.15) is 39.6 Å². The number of nitrogens with two attached hydrogens (primary N) is 1. The molecule has 0 unspecified atom stereocenters. The van der Waals surface area contributed by atoms with E-state index in [1.165, 1.54) is 10.4 Å². The number of aliphatic imine (C=N–C) groups is 1. The van der Waals surface area contributed by atoms with Gasteiger partial charge in [0.25, 0.3) is 0 Å². The highest BCUT2D eigenvalue weighted by Gasteiger charge is 2.26. The van der Waals surface area contributed by atoms with Crippen molar-refractivity contribution in [3.8, 4) is 5.00 Å². The lowest BCUT2D eigenvalue weighted by Crippen LogP contribution is -2.16. The van der Waals surface area contributed by atoms with Gasteiger partial charge >= 0.3 is 0 Å². The van der Waals surface area contributed by atoms with Crippen molar-refractivity contribution in [2.75, 3.05) is 11.9 Å². The zero-order chi connectivity index (χ0) is 19.8. The Morgan fingerprint density at radius 3 is 2.62 bits per heavy atom. The molecule has 0 aliphatic carbocycles. The Morgan fingerprint density at radius 1 is 1.21 bits per heavy atom. The van der Waals surface area contributed by atoms with Gasteiger partial charge in [0.15, 0.2) is 5.82 Å². The first-order valence-electron chi connectivity index (χ1n) is 9.16. The first-order chi connectivity index (χ1) is 13.5. The maximum absolute atomic E-state index is 11.8. The first-order valence-corrected chi connectivity index (χ1v) is 9.97. The number of hydrogen-bond acceptors (Lipinski definition) is 6. The number of halogens is 1. The normalized spacial score (nSPS) is 12.3. The summed E-state index contributed by atoms with van der Waals surface area (Å²) in [6.07, 6.45) is 0.310. The molecule has 152 valence electrons. The number of benzene rings is 1. The minimum Gasteiger partial charge on any atom is -0.330 e. The summed E-state index contributed by atoms with van der Waals surface area (Å²) in [4.78, 5) is 17.9. The van der Waals surface area contributed by atoms with E-state index < -0.39 is 0 Å². The van der Waals surface area contributed by atoms with E-state index in [1.54, 1.807) is 11.3 Å². The van der Waals surface area contributed by atoms with Crippen LogP contribution >= 0.6 is 23.7 Å². The second-order valence-corrected chi connectivity index (χ2v) is 7.99.